The molecule has 0 aliphatic rings. The van der Waals surface area contributed by atoms with E-state index in [1.54, 1.807) is 6.07 Å². The predicted molar refractivity (Wildman–Crippen MR) is 66.3 cm³/mol. The first-order chi connectivity index (χ1) is 8.15. The van der Waals surface area contributed by atoms with Crippen LogP contribution >= 0.6 is 0 Å². The average molecular weight is 230 g/mol. The van der Waals surface area contributed by atoms with Gasteiger partial charge in [-0.1, -0.05) is 37.3 Å². The quantitative estimate of drug-likeness (QED) is 0.695. The molecule has 0 heterocycles. The SMILES string of the molecule is CCc1cc(-c2ccccc2)c(O)c(O)c1O. The Labute approximate surface area is 99.6 Å². The number of phenols is 3. The minimum atomic E-state index is -0.455. The minimum absolute atomic E-state index is 0.246. The lowest BCUT2D eigenvalue weighted by molar-refractivity contribution is 0.366. The van der Waals surface area contributed by atoms with Crippen LogP contribution in [0.4, 0.5) is 0 Å². The minimum Gasteiger partial charge on any atom is -0.504 e. The van der Waals surface area contributed by atoms with Crippen LogP contribution in [0.5, 0.6) is 17.2 Å². The van der Waals surface area contributed by atoms with E-state index in [9.17, 15) is 15.3 Å². The number of hydrogen-bond acceptors (Lipinski definition) is 3. The standard InChI is InChI=1S/C14H14O3/c1-2-9-8-11(10-6-4-3-5-7-10)13(16)14(17)12(9)15/h3-8,15-17H,2H2,1H3. The molecular formula is C14H14O3. The van der Waals surface area contributed by atoms with Gasteiger partial charge in [-0.2, -0.15) is 0 Å². The number of aryl methyl sites for hydroxylation is 1. The van der Waals surface area contributed by atoms with Crippen molar-refractivity contribution in [3.63, 3.8) is 0 Å². The molecule has 3 heteroatoms. The van der Waals surface area contributed by atoms with Crippen molar-refractivity contribution >= 4 is 0 Å². The summed E-state index contributed by atoms with van der Waals surface area (Å²) >= 11 is 0. The fourth-order valence-electron chi connectivity index (χ4n) is 1.81. The van der Waals surface area contributed by atoms with Gasteiger partial charge in [0.2, 0.25) is 5.75 Å². The molecule has 3 N–H and O–H groups in total. The lowest BCUT2D eigenvalue weighted by Crippen LogP contribution is -1.87. The van der Waals surface area contributed by atoms with Crippen molar-refractivity contribution in [2.75, 3.05) is 0 Å². The van der Waals surface area contributed by atoms with Crippen molar-refractivity contribution in [3.8, 4) is 28.4 Å². The zero-order chi connectivity index (χ0) is 12.4. The van der Waals surface area contributed by atoms with E-state index in [0.717, 1.165) is 5.56 Å². The second kappa shape index (κ2) is 4.37. The maximum absolute atomic E-state index is 9.84. The van der Waals surface area contributed by atoms with E-state index < -0.39 is 5.75 Å². The molecule has 0 saturated carbocycles. The zero-order valence-electron chi connectivity index (χ0n) is 9.51. The molecule has 17 heavy (non-hydrogen) atoms. The number of benzene rings is 2. The van der Waals surface area contributed by atoms with Crippen LogP contribution in [0.15, 0.2) is 36.4 Å². The van der Waals surface area contributed by atoms with E-state index in [4.69, 9.17) is 0 Å². The molecule has 2 aromatic rings. The van der Waals surface area contributed by atoms with Gasteiger partial charge in [0, 0.05) is 5.56 Å². The van der Waals surface area contributed by atoms with Gasteiger partial charge in [-0.3, -0.25) is 0 Å². The van der Waals surface area contributed by atoms with Crippen molar-refractivity contribution in [2.45, 2.75) is 13.3 Å². The molecule has 2 aromatic carbocycles. The van der Waals surface area contributed by atoms with Crippen molar-refractivity contribution < 1.29 is 15.3 Å². The summed E-state index contributed by atoms with van der Waals surface area (Å²) in [6.45, 7) is 1.88. The van der Waals surface area contributed by atoms with Gasteiger partial charge in [0.25, 0.3) is 0 Å². The number of aromatic hydroxyl groups is 3. The first-order valence-corrected chi connectivity index (χ1v) is 5.47. The molecule has 88 valence electrons. The smallest absolute Gasteiger partial charge is 0.201 e. The third-order valence-electron chi connectivity index (χ3n) is 2.79. The largest absolute Gasteiger partial charge is 0.504 e. The second-order valence-corrected chi connectivity index (χ2v) is 3.85. The maximum atomic E-state index is 9.84. The van der Waals surface area contributed by atoms with Crippen LogP contribution in [0.2, 0.25) is 0 Å². The normalized spacial score (nSPS) is 10.4. The first kappa shape index (κ1) is 11.3. The summed E-state index contributed by atoms with van der Waals surface area (Å²) in [5, 5.41) is 29.1. The first-order valence-electron chi connectivity index (χ1n) is 5.47. The Kier molecular flexibility index (Phi) is 2.91. The highest BCUT2D eigenvalue weighted by Crippen LogP contribution is 2.44. The monoisotopic (exact) mass is 230 g/mol. The summed E-state index contributed by atoms with van der Waals surface area (Å²) in [5.74, 6) is -0.987. The summed E-state index contributed by atoms with van der Waals surface area (Å²) in [5.41, 5.74) is 1.94. The summed E-state index contributed by atoms with van der Waals surface area (Å²) < 4.78 is 0. The van der Waals surface area contributed by atoms with Gasteiger partial charge < -0.3 is 15.3 Å². The Morgan fingerprint density at radius 2 is 1.53 bits per heavy atom. The Hall–Kier alpha value is -2.16. The number of hydrogen-bond donors (Lipinski definition) is 3. The topological polar surface area (TPSA) is 60.7 Å². The highest BCUT2D eigenvalue weighted by atomic mass is 16.3. The molecule has 0 aliphatic carbocycles. The molecule has 0 aliphatic heterocycles. The van der Waals surface area contributed by atoms with Gasteiger partial charge in [-0.05, 0) is 23.6 Å². The third kappa shape index (κ3) is 1.91. The molecule has 3 nitrogen and oxygen atoms in total. The highest BCUT2D eigenvalue weighted by Gasteiger charge is 2.16. The van der Waals surface area contributed by atoms with Crippen molar-refractivity contribution in [2.24, 2.45) is 0 Å². The fraction of sp³-hybridized carbons (Fsp3) is 0.143. The van der Waals surface area contributed by atoms with Crippen molar-refractivity contribution in [1.29, 1.82) is 0 Å². The summed E-state index contributed by atoms with van der Waals surface area (Å²) in [7, 11) is 0. The van der Waals surface area contributed by atoms with Crippen molar-refractivity contribution in [3.05, 3.63) is 42.0 Å². The summed E-state index contributed by atoms with van der Waals surface area (Å²) in [6, 6.07) is 11.0. The Bertz CT molecular complexity index is 533. The number of rotatable bonds is 2. The van der Waals surface area contributed by atoms with Gasteiger partial charge in [0.1, 0.15) is 0 Å². The molecule has 0 unspecified atom stereocenters. The van der Waals surface area contributed by atoms with Crippen LogP contribution in [0.3, 0.4) is 0 Å². The maximum Gasteiger partial charge on any atom is 0.201 e. The van der Waals surface area contributed by atoms with Crippen LogP contribution in [-0.4, -0.2) is 15.3 Å². The summed E-state index contributed by atoms with van der Waals surface area (Å²) in [6.07, 6.45) is 0.583. The molecule has 2 rings (SSSR count). The molecular weight excluding hydrogens is 216 g/mol. The second-order valence-electron chi connectivity index (χ2n) is 3.85. The molecule has 0 atom stereocenters. The Morgan fingerprint density at radius 1 is 0.882 bits per heavy atom. The van der Waals surface area contributed by atoms with Crippen LogP contribution in [0.1, 0.15) is 12.5 Å². The molecule has 0 saturated heterocycles. The summed E-state index contributed by atoms with van der Waals surface area (Å²) in [4.78, 5) is 0. The van der Waals surface area contributed by atoms with E-state index in [1.165, 1.54) is 0 Å². The van der Waals surface area contributed by atoms with Gasteiger partial charge in [0.05, 0.1) is 0 Å². The zero-order valence-corrected chi connectivity index (χ0v) is 9.51. The van der Waals surface area contributed by atoms with Gasteiger partial charge >= 0.3 is 0 Å². The van der Waals surface area contributed by atoms with E-state index in [0.29, 0.717) is 17.5 Å². The average Bonchev–Trinajstić information content (AvgIpc) is 2.37. The van der Waals surface area contributed by atoms with Crippen LogP contribution in [-0.2, 0) is 6.42 Å². The van der Waals surface area contributed by atoms with E-state index in [1.807, 2.05) is 37.3 Å². The van der Waals surface area contributed by atoms with Crippen LogP contribution in [0.25, 0.3) is 11.1 Å². The molecule has 0 bridgehead atoms. The van der Waals surface area contributed by atoms with Gasteiger partial charge in [0.15, 0.2) is 11.5 Å². The Balaban J connectivity index is 2.67. The van der Waals surface area contributed by atoms with E-state index in [-0.39, 0.29) is 11.5 Å². The third-order valence-corrected chi connectivity index (χ3v) is 2.79. The lowest BCUT2D eigenvalue weighted by atomic mass is 9.99. The Morgan fingerprint density at radius 3 is 2.12 bits per heavy atom. The van der Waals surface area contributed by atoms with E-state index in [2.05, 4.69) is 0 Å². The van der Waals surface area contributed by atoms with Gasteiger partial charge in [-0.25, -0.2) is 0 Å². The fourth-order valence-corrected chi connectivity index (χ4v) is 1.81. The van der Waals surface area contributed by atoms with Crippen LogP contribution in [0, 0.1) is 0 Å². The molecule has 0 radical (unpaired) electrons. The van der Waals surface area contributed by atoms with Gasteiger partial charge in [-0.15, -0.1) is 0 Å². The predicted octanol–water partition coefficient (Wildman–Crippen LogP) is 3.03. The molecule has 0 amide bonds. The van der Waals surface area contributed by atoms with Crippen LogP contribution < -0.4 is 0 Å². The molecule has 0 aromatic heterocycles. The van der Waals surface area contributed by atoms with Crippen molar-refractivity contribution in [1.82, 2.24) is 0 Å². The molecule has 0 spiro atoms. The molecule has 0 fully saturated rings. The lowest BCUT2D eigenvalue weighted by Gasteiger charge is -2.11. The van der Waals surface area contributed by atoms with E-state index >= 15 is 0 Å². The highest BCUT2D eigenvalue weighted by molar-refractivity contribution is 5.76. The number of phenolic OH excluding ortho intramolecular Hbond substituents is 3.